The Hall–Kier alpha value is -1.55. The number of nitrogens with one attached hydrogen (secondary N) is 1. The van der Waals surface area contributed by atoms with Crippen LogP contribution in [0, 0.1) is 5.92 Å². The Balaban J connectivity index is 1.71. The van der Waals surface area contributed by atoms with Crippen LogP contribution in [0.1, 0.15) is 38.2 Å². The molecule has 0 saturated carbocycles. The van der Waals surface area contributed by atoms with Crippen molar-refractivity contribution in [3.8, 4) is 11.5 Å². The summed E-state index contributed by atoms with van der Waals surface area (Å²) in [6.07, 6.45) is 5.19. The van der Waals surface area contributed by atoms with Crippen LogP contribution in [0.5, 0.6) is 11.5 Å². The topological polar surface area (TPSA) is 47.6 Å². The lowest BCUT2D eigenvalue weighted by molar-refractivity contribution is -0.134. The molecule has 1 aromatic carbocycles. The van der Waals surface area contributed by atoms with E-state index in [0.717, 1.165) is 31.7 Å². The van der Waals surface area contributed by atoms with E-state index in [4.69, 9.17) is 9.47 Å². The summed E-state index contributed by atoms with van der Waals surface area (Å²) in [5, 5.41) is 3.40. The Morgan fingerprint density at radius 3 is 2.90 bits per heavy atom. The van der Waals surface area contributed by atoms with Crippen LogP contribution in [0.2, 0.25) is 0 Å². The number of esters is 1. The molecular weight excluding hydrogens is 266 g/mol. The molecule has 1 N–H and O–H groups in total. The molecule has 114 valence electrons. The normalized spacial score (nSPS) is 22.2. The van der Waals surface area contributed by atoms with Gasteiger partial charge in [0.05, 0.1) is 0 Å². The number of ether oxygens (including phenoxy) is 2. The molecule has 0 amide bonds. The largest absolute Gasteiger partial charge is 0.490 e. The van der Waals surface area contributed by atoms with E-state index in [9.17, 15) is 4.79 Å². The SMILES string of the molecule is CCC(=O)Oc1ccc2c(c1)OC(C1CCNCC1)CC2. The number of carbonyl (C=O) groups excluding carboxylic acids is 1. The van der Waals surface area contributed by atoms with Crippen molar-refractivity contribution in [1.82, 2.24) is 5.32 Å². The number of aryl methyl sites for hydroxylation is 1. The highest BCUT2D eigenvalue weighted by molar-refractivity contribution is 5.72. The summed E-state index contributed by atoms with van der Waals surface area (Å²) < 4.78 is 11.5. The Kier molecular flexibility index (Phi) is 4.44. The summed E-state index contributed by atoms with van der Waals surface area (Å²) in [4.78, 5) is 11.4. The van der Waals surface area contributed by atoms with Crippen LogP contribution in [0.3, 0.4) is 0 Å². The van der Waals surface area contributed by atoms with E-state index in [0.29, 0.717) is 24.2 Å². The zero-order valence-electron chi connectivity index (χ0n) is 12.6. The number of fused-ring (bicyclic) bond motifs is 1. The molecule has 3 rings (SSSR count). The van der Waals surface area contributed by atoms with Crippen molar-refractivity contribution in [3.05, 3.63) is 23.8 Å². The minimum absolute atomic E-state index is 0.208. The molecule has 4 nitrogen and oxygen atoms in total. The monoisotopic (exact) mass is 289 g/mol. The Bertz CT molecular complexity index is 509. The van der Waals surface area contributed by atoms with Crippen molar-refractivity contribution in [2.45, 2.75) is 45.1 Å². The van der Waals surface area contributed by atoms with E-state index < -0.39 is 0 Å². The van der Waals surface area contributed by atoms with Crippen LogP contribution in [0.15, 0.2) is 18.2 Å². The Morgan fingerprint density at radius 2 is 2.14 bits per heavy atom. The fourth-order valence-electron chi connectivity index (χ4n) is 3.19. The number of piperidine rings is 1. The fourth-order valence-corrected chi connectivity index (χ4v) is 3.19. The van der Waals surface area contributed by atoms with Crippen LogP contribution >= 0.6 is 0 Å². The van der Waals surface area contributed by atoms with Gasteiger partial charge in [0.25, 0.3) is 0 Å². The minimum atomic E-state index is -0.208. The van der Waals surface area contributed by atoms with Gasteiger partial charge in [-0.25, -0.2) is 0 Å². The third-order valence-corrected chi connectivity index (χ3v) is 4.45. The highest BCUT2D eigenvalue weighted by Crippen LogP contribution is 2.35. The quantitative estimate of drug-likeness (QED) is 0.686. The van der Waals surface area contributed by atoms with Gasteiger partial charge in [0.1, 0.15) is 17.6 Å². The van der Waals surface area contributed by atoms with Gasteiger partial charge in [0, 0.05) is 12.5 Å². The summed E-state index contributed by atoms with van der Waals surface area (Å²) >= 11 is 0. The summed E-state index contributed by atoms with van der Waals surface area (Å²) in [7, 11) is 0. The summed E-state index contributed by atoms with van der Waals surface area (Å²) in [6, 6.07) is 5.75. The number of hydrogen-bond donors (Lipinski definition) is 1. The molecule has 2 aliphatic heterocycles. The summed E-state index contributed by atoms with van der Waals surface area (Å²) in [5.41, 5.74) is 1.22. The first-order valence-electron chi connectivity index (χ1n) is 7.97. The van der Waals surface area contributed by atoms with Crippen LogP contribution < -0.4 is 14.8 Å². The smallest absolute Gasteiger partial charge is 0.310 e. The van der Waals surface area contributed by atoms with Crippen LogP contribution in [0.25, 0.3) is 0 Å². The van der Waals surface area contributed by atoms with Gasteiger partial charge in [-0.3, -0.25) is 4.79 Å². The lowest BCUT2D eigenvalue weighted by Gasteiger charge is -2.34. The molecule has 1 fully saturated rings. The molecule has 0 radical (unpaired) electrons. The lowest BCUT2D eigenvalue weighted by Crippen LogP contribution is -2.38. The van der Waals surface area contributed by atoms with Crippen LogP contribution in [-0.2, 0) is 11.2 Å². The van der Waals surface area contributed by atoms with Crippen molar-refractivity contribution in [1.29, 1.82) is 0 Å². The van der Waals surface area contributed by atoms with Gasteiger partial charge in [0.15, 0.2) is 0 Å². The van der Waals surface area contributed by atoms with Crippen molar-refractivity contribution in [2.75, 3.05) is 13.1 Å². The summed E-state index contributed by atoms with van der Waals surface area (Å²) in [5.74, 6) is 1.92. The maximum Gasteiger partial charge on any atom is 0.310 e. The average Bonchev–Trinajstić information content (AvgIpc) is 2.55. The van der Waals surface area contributed by atoms with Gasteiger partial charge in [0.2, 0.25) is 0 Å². The predicted octanol–water partition coefficient (Wildman–Crippen LogP) is 2.70. The van der Waals surface area contributed by atoms with E-state index in [-0.39, 0.29) is 5.97 Å². The molecular formula is C17H23NO3. The molecule has 0 aromatic heterocycles. The molecule has 1 unspecified atom stereocenters. The molecule has 1 saturated heterocycles. The first kappa shape index (κ1) is 14.4. The zero-order chi connectivity index (χ0) is 14.7. The number of benzene rings is 1. The molecule has 1 aromatic rings. The first-order valence-corrected chi connectivity index (χ1v) is 7.97. The Morgan fingerprint density at radius 1 is 1.33 bits per heavy atom. The molecule has 21 heavy (non-hydrogen) atoms. The van der Waals surface area contributed by atoms with E-state index in [1.165, 1.54) is 18.4 Å². The lowest BCUT2D eigenvalue weighted by atomic mass is 9.87. The second-order valence-electron chi connectivity index (χ2n) is 5.88. The molecule has 1 atom stereocenters. The first-order chi connectivity index (χ1) is 10.3. The predicted molar refractivity (Wildman–Crippen MR) is 80.7 cm³/mol. The van der Waals surface area contributed by atoms with Gasteiger partial charge >= 0.3 is 5.97 Å². The van der Waals surface area contributed by atoms with Crippen LogP contribution in [-0.4, -0.2) is 25.2 Å². The van der Waals surface area contributed by atoms with Crippen molar-refractivity contribution in [2.24, 2.45) is 5.92 Å². The van der Waals surface area contributed by atoms with E-state index >= 15 is 0 Å². The molecule has 4 heteroatoms. The number of carbonyl (C=O) groups is 1. The standard InChI is InChI=1S/C17H23NO3/c1-2-17(19)20-14-5-3-12-4-6-15(21-16(12)11-14)13-7-9-18-10-8-13/h3,5,11,13,15,18H,2,4,6-10H2,1H3. The van der Waals surface area contributed by atoms with Gasteiger partial charge in [-0.1, -0.05) is 13.0 Å². The van der Waals surface area contributed by atoms with Gasteiger partial charge in [-0.15, -0.1) is 0 Å². The van der Waals surface area contributed by atoms with Crippen molar-refractivity contribution >= 4 is 5.97 Å². The number of hydrogen-bond acceptors (Lipinski definition) is 4. The third kappa shape index (κ3) is 3.38. The molecule has 2 aliphatic rings. The molecule has 2 heterocycles. The van der Waals surface area contributed by atoms with Crippen LogP contribution in [0.4, 0.5) is 0 Å². The number of rotatable bonds is 3. The maximum atomic E-state index is 11.4. The third-order valence-electron chi connectivity index (χ3n) is 4.45. The highest BCUT2D eigenvalue weighted by atomic mass is 16.5. The van der Waals surface area contributed by atoms with Crippen molar-refractivity contribution < 1.29 is 14.3 Å². The maximum absolute atomic E-state index is 11.4. The van der Waals surface area contributed by atoms with E-state index in [1.54, 1.807) is 6.92 Å². The second kappa shape index (κ2) is 6.48. The van der Waals surface area contributed by atoms with Gasteiger partial charge < -0.3 is 14.8 Å². The minimum Gasteiger partial charge on any atom is -0.490 e. The van der Waals surface area contributed by atoms with Crippen molar-refractivity contribution in [3.63, 3.8) is 0 Å². The highest BCUT2D eigenvalue weighted by Gasteiger charge is 2.29. The second-order valence-corrected chi connectivity index (χ2v) is 5.88. The van der Waals surface area contributed by atoms with Gasteiger partial charge in [-0.05, 0) is 56.3 Å². The fraction of sp³-hybridized carbons (Fsp3) is 0.588. The van der Waals surface area contributed by atoms with E-state index in [1.807, 2.05) is 18.2 Å². The molecule has 0 bridgehead atoms. The zero-order valence-corrected chi connectivity index (χ0v) is 12.6. The summed E-state index contributed by atoms with van der Waals surface area (Å²) in [6.45, 7) is 3.97. The Labute approximate surface area is 125 Å². The average molecular weight is 289 g/mol. The molecule has 0 aliphatic carbocycles. The van der Waals surface area contributed by atoms with E-state index in [2.05, 4.69) is 5.32 Å². The van der Waals surface area contributed by atoms with Gasteiger partial charge in [-0.2, -0.15) is 0 Å². The molecule has 0 spiro atoms.